The van der Waals surface area contributed by atoms with Crippen LogP contribution in [0.1, 0.15) is 37.3 Å². The molecule has 0 aliphatic heterocycles. The average Bonchev–Trinajstić information content (AvgIpc) is 2.23. The fraction of sp³-hybridized carbons (Fsp3) is 0.429. The number of halogens is 1. The Morgan fingerprint density at radius 3 is 2.60 bits per heavy atom. The van der Waals surface area contributed by atoms with Crippen LogP contribution >= 0.6 is 11.6 Å². The van der Waals surface area contributed by atoms with E-state index < -0.39 is 0 Å². The van der Waals surface area contributed by atoms with Crippen LogP contribution in [-0.2, 0) is 6.42 Å². The van der Waals surface area contributed by atoms with E-state index in [4.69, 9.17) is 11.6 Å². The predicted molar refractivity (Wildman–Crippen MR) is 67.2 cm³/mol. The van der Waals surface area contributed by atoms with E-state index >= 15 is 0 Å². The molecule has 0 heterocycles. The topological polar surface area (TPSA) is 0 Å². The third kappa shape index (κ3) is 4.40. The second-order valence-electron chi connectivity index (χ2n) is 3.69. The Morgan fingerprint density at radius 2 is 1.93 bits per heavy atom. The fourth-order valence-electron chi connectivity index (χ4n) is 1.37. The molecule has 0 nitrogen and oxygen atoms in total. The SMILES string of the molecule is CCCC#CCCc1ccc(Cl)c(C)c1. The van der Waals surface area contributed by atoms with Crippen LogP contribution in [0.2, 0.25) is 5.02 Å². The molecule has 0 aromatic heterocycles. The first-order valence-corrected chi connectivity index (χ1v) is 5.82. The normalized spacial score (nSPS) is 9.53. The molecule has 0 unspecified atom stereocenters. The minimum absolute atomic E-state index is 0.843. The molecule has 1 rings (SSSR count). The zero-order valence-electron chi connectivity index (χ0n) is 9.44. The van der Waals surface area contributed by atoms with E-state index in [1.165, 1.54) is 5.56 Å². The van der Waals surface area contributed by atoms with Crippen molar-refractivity contribution in [1.82, 2.24) is 0 Å². The molecule has 0 saturated carbocycles. The van der Waals surface area contributed by atoms with Crippen LogP contribution in [0.4, 0.5) is 0 Å². The third-order valence-electron chi connectivity index (χ3n) is 2.26. The maximum Gasteiger partial charge on any atom is 0.0435 e. The van der Waals surface area contributed by atoms with Crippen molar-refractivity contribution in [2.75, 3.05) is 0 Å². The highest BCUT2D eigenvalue weighted by Gasteiger charge is 1.96. The van der Waals surface area contributed by atoms with Gasteiger partial charge in [-0.05, 0) is 37.0 Å². The van der Waals surface area contributed by atoms with Gasteiger partial charge in [0.1, 0.15) is 0 Å². The van der Waals surface area contributed by atoms with Gasteiger partial charge in [-0.15, -0.1) is 11.8 Å². The second kappa shape index (κ2) is 6.53. The number of hydrogen-bond donors (Lipinski definition) is 0. The zero-order valence-corrected chi connectivity index (χ0v) is 10.2. The highest BCUT2D eigenvalue weighted by molar-refractivity contribution is 6.31. The first-order valence-electron chi connectivity index (χ1n) is 5.44. The largest absolute Gasteiger partial charge is 0.103 e. The number of hydrogen-bond acceptors (Lipinski definition) is 0. The van der Waals surface area contributed by atoms with E-state index in [1.54, 1.807) is 0 Å². The molecule has 0 saturated heterocycles. The minimum atomic E-state index is 0.843. The Labute approximate surface area is 97.7 Å². The summed E-state index contributed by atoms with van der Waals surface area (Å²) >= 11 is 5.96. The van der Waals surface area contributed by atoms with Crippen LogP contribution in [0.15, 0.2) is 18.2 Å². The lowest BCUT2D eigenvalue weighted by Crippen LogP contribution is -1.85. The summed E-state index contributed by atoms with van der Waals surface area (Å²) < 4.78 is 0. The Bertz CT molecular complexity index is 369. The van der Waals surface area contributed by atoms with Crippen LogP contribution < -0.4 is 0 Å². The van der Waals surface area contributed by atoms with Gasteiger partial charge < -0.3 is 0 Å². The van der Waals surface area contributed by atoms with Crippen molar-refractivity contribution in [3.8, 4) is 11.8 Å². The van der Waals surface area contributed by atoms with Crippen molar-refractivity contribution >= 4 is 11.6 Å². The van der Waals surface area contributed by atoms with Crippen LogP contribution in [0, 0.1) is 18.8 Å². The number of benzene rings is 1. The molecule has 0 aliphatic carbocycles. The van der Waals surface area contributed by atoms with Gasteiger partial charge in [-0.2, -0.15) is 0 Å². The van der Waals surface area contributed by atoms with Crippen molar-refractivity contribution in [3.05, 3.63) is 34.3 Å². The van der Waals surface area contributed by atoms with E-state index in [0.29, 0.717) is 0 Å². The summed E-state index contributed by atoms with van der Waals surface area (Å²) in [5.41, 5.74) is 2.47. The Kier molecular flexibility index (Phi) is 5.29. The van der Waals surface area contributed by atoms with Gasteiger partial charge in [-0.3, -0.25) is 0 Å². The first-order chi connectivity index (χ1) is 7.24. The van der Waals surface area contributed by atoms with Gasteiger partial charge in [0.25, 0.3) is 0 Å². The monoisotopic (exact) mass is 220 g/mol. The highest BCUT2D eigenvalue weighted by Crippen LogP contribution is 2.16. The maximum absolute atomic E-state index is 5.96. The summed E-state index contributed by atoms with van der Waals surface area (Å²) in [6, 6.07) is 6.19. The molecule has 0 radical (unpaired) electrons. The number of rotatable bonds is 3. The molecule has 0 spiro atoms. The van der Waals surface area contributed by atoms with Gasteiger partial charge in [0.2, 0.25) is 0 Å². The molecule has 1 aromatic carbocycles. The molecule has 1 aromatic rings. The van der Waals surface area contributed by atoms with Gasteiger partial charge in [-0.1, -0.05) is 30.7 Å². The van der Waals surface area contributed by atoms with E-state index in [2.05, 4.69) is 30.9 Å². The quantitative estimate of drug-likeness (QED) is 0.663. The Morgan fingerprint density at radius 1 is 1.20 bits per heavy atom. The molecule has 1 heteroatoms. The third-order valence-corrected chi connectivity index (χ3v) is 2.69. The molecule has 0 atom stereocenters. The summed E-state index contributed by atoms with van der Waals surface area (Å²) in [5.74, 6) is 6.34. The summed E-state index contributed by atoms with van der Waals surface area (Å²) in [5, 5.41) is 0.843. The van der Waals surface area contributed by atoms with E-state index in [9.17, 15) is 0 Å². The molecule has 0 N–H and O–H groups in total. The van der Waals surface area contributed by atoms with Crippen molar-refractivity contribution < 1.29 is 0 Å². The van der Waals surface area contributed by atoms with Crippen molar-refractivity contribution in [2.24, 2.45) is 0 Å². The Balaban J connectivity index is 2.45. The standard InChI is InChI=1S/C14H17Cl/c1-3-4-5-6-7-8-13-9-10-14(15)12(2)11-13/h9-11H,3-4,7-8H2,1-2H3. The van der Waals surface area contributed by atoms with Crippen molar-refractivity contribution in [1.29, 1.82) is 0 Å². The highest BCUT2D eigenvalue weighted by atomic mass is 35.5. The molecule has 0 bridgehead atoms. The zero-order chi connectivity index (χ0) is 11.1. The fourth-order valence-corrected chi connectivity index (χ4v) is 1.49. The molecule has 0 fully saturated rings. The summed E-state index contributed by atoms with van der Waals surface area (Å²) in [7, 11) is 0. The van der Waals surface area contributed by atoms with Crippen LogP contribution in [-0.4, -0.2) is 0 Å². The maximum atomic E-state index is 5.96. The number of unbranched alkanes of at least 4 members (excludes halogenated alkanes) is 1. The lowest BCUT2D eigenvalue weighted by Gasteiger charge is -2.01. The molecular weight excluding hydrogens is 204 g/mol. The predicted octanol–water partition coefficient (Wildman–Crippen LogP) is 4.38. The lowest BCUT2D eigenvalue weighted by atomic mass is 10.1. The molecule has 80 valence electrons. The van der Waals surface area contributed by atoms with Gasteiger partial charge >= 0.3 is 0 Å². The second-order valence-corrected chi connectivity index (χ2v) is 4.09. The molecule has 15 heavy (non-hydrogen) atoms. The first kappa shape index (κ1) is 12.1. The molecule has 0 amide bonds. The smallest absolute Gasteiger partial charge is 0.0435 e. The Hall–Kier alpha value is -0.930. The van der Waals surface area contributed by atoms with E-state index in [-0.39, 0.29) is 0 Å². The van der Waals surface area contributed by atoms with Gasteiger partial charge in [0.15, 0.2) is 0 Å². The van der Waals surface area contributed by atoms with Crippen molar-refractivity contribution in [2.45, 2.75) is 39.5 Å². The minimum Gasteiger partial charge on any atom is -0.103 e. The molecule has 0 aliphatic rings. The van der Waals surface area contributed by atoms with E-state index in [0.717, 1.165) is 36.3 Å². The van der Waals surface area contributed by atoms with Crippen LogP contribution in [0.5, 0.6) is 0 Å². The number of aryl methyl sites for hydroxylation is 2. The summed E-state index contributed by atoms with van der Waals surface area (Å²) in [6.07, 6.45) is 4.13. The van der Waals surface area contributed by atoms with Crippen LogP contribution in [0.3, 0.4) is 0 Å². The van der Waals surface area contributed by atoms with Crippen molar-refractivity contribution in [3.63, 3.8) is 0 Å². The van der Waals surface area contributed by atoms with Gasteiger partial charge in [0, 0.05) is 17.9 Å². The van der Waals surface area contributed by atoms with Gasteiger partial charge in [0.05, 0.1) is 0 Å². The summed E-state index contributed by atoms with van der Waals surface area (Å²) in [6.45, 7) is 4.19. The van der Waals surface area contributed by atoms with Crippen LogP contribution in [0.25, 0.3) is 0 Å². The van der Waals surface area contributed by atoms with E-state index in [1.807, 2.05) is 13.0 Å². The van der Waals surface area contributed by atoms with Gasteiger partial charge in [-0.25, -0.2) is 0 Å². The average molecular weight is 221 g/mol. The summed E-state index contributed by atoms with van der Waals surface area (Å²) in [4.78, 5) is 0. The molecular formula is C14H17Cl. The lowest BCUT2D eigenvalue weighted by molar-refractivity contribution is 0.973.